The van der Waals surface area contributed by atoms with E-state index >= 15 is 0 Å². The fourth-order valence-corrected chi connectivity index (χ4v) is 24.0. The van der Waals surface area contributed by atoms with Crippen LogP contribution in [0.1, 0.15) is 201 Å². The van der Waals surface area contributed by atoms with Crippen LogP contribution in [0, 0.1) is 69.9 Å². The molecular weight excluding hydrogens is 1940 g/mol. The number of benzene rings is 7. The number of Topliss-reactive ketones (excluding diaryl/α,β-unsaturated/α-hetero) is 1. The molecule has 0 heterocycles. The van der Waals surface area contributed by atoms with Gasteiger partial charge in [0.25, 0.3) is 23.6 Å². The Labute approximate surface area is 826 Å². The summed E-state index contributed by atoms with van der Waals surface area (Å²) in [6.45, 7) is 23.7. The van der Waals surface area contributed by atoms with Crippen LogP contribution in [0.15, 0.2) is 194 Å². The average Bonchev–Trinajstić information content (AvgIpc) is 0.757. The van der Waals surface area contributed by atoms with E-state index in [0.717, 1.165) is 121 Å². The van der Waals surface area contributed by atoms with Gasteiger partial charge in [-0.05, 0) is 260 Å². The Balaban J connectivity index is 0.000000257. The zero-order valence-electron chi connectivity index (χ0n) is 79.7. The predicted molar refractivity (Wildman–Crippen MR) is 539 cm³/mol. The molecule has 3 aliphatic carbocycles. The van der Waals surface area contributed by atoms with Crippen LogP contribution in [-0.2, 0) is 94.2 Å². The Morgan fingerprint density at radius 3 is 1.11 bits per heavy atom. The van der Waals surface area contributed by atoms with Gasteiger partial charge in [-0.2, -0.15) is 8.75 Å². The van der Waals surface area contributed by atoms with Gasteiger partial charge in [0.05, 0.1) is 58.2 Å². The quantitative estimate of drug-likeness (QED) is 0.0182. The summed E-state index contributed by atoms with van der Waals surface area (Å²) in [7, 11) is -8.30. The molecule has 0 aliphatic heterocycles. The first-order valence-corrected chi connectivity index (χ1v) is 52.7. The molecule has 7 aromatic rings. The second-order valence-electron chi connectivity index (χ2n) is 34.9. The van der Waals surface area contributed by atoms with E-state index in [1.165, 1.54) is 43.3 Å². The molecule has 139 heavy (non-hydrogen) atoms. The Morgan fingerprint density at radius 2 is 0.770 bits per heavy atom. The van der Waals surface area contributed by atoms with Crippen molar-refractivity contribution >= 4 is 126 Å². The van der Waals surface area contributed by atoms with Crippen LogP contribution >= 0.6 is 34.8 Å². The minimum absolute atomic E-state index is 0.000497. The fourth-order valence-electron chi connectivity index (χ4n) is 16.9. The third-order valence-electron chi connectivity index (χ3n) is 23.8. The molecule has 0 aromatic heterocycles. The van der Waals surface area contributed by atoms with Crippen molar-refractivity contribution in [2.45, 2.75) is 174 Å². The Bertz CT molecular complexity index is 6350. The van der Waals surface area contributed by atoms with Crippen LogP contribution in [0.3, 0.4) is 0 Å². The van der Waals surface area contributed by atoms with E-state index in [4.69, 9.17) is 78.6 Å². The first kappa shape index (κ1) is 115. The first-order valence-electron chi connectivity index (χ1n) is 44.5. The van der Waals surface area contributed by atoms with Gasteiger partial charge in [0.15, 0.2) is 17.2 Å². The van der Waals surface area contributed by atoms with Crippen molar-refractivity contribution in [3.05, 3.63) is 294 Å². The minimum atomic E-state index is -3.32. The highest BCUT2D eigenvalue weighted by Gasteiger charge is 2.46. The molecule has 754 valence electrons. The molecule has 13 atom stereocenters. The maximum Gasteiger partial charge on any atom is 0.311 e. The molecule has 5 unspecified atom stereocenters. The van der Waals surface area contributed by atoms with Gasteiger partial charge >= 0.3 is 22.7 Å². The second kappa shape index (κ2) is 52.1. The lowest BCUT2D eigenvalue weighted by Crippen LogP contribution is -2.46. The molecule has 0 saturated heterocycles. The summed E-state index contributed by atoms with van der Waals surface area (Å²) in [4.78, 5) is 106. The van der Waals surface area contributed by atoms with Gasteiger partial charge in [-0.15, -0.1) is 26.2 Å². The van der Waals surface area contributed by atoms with E-state index in [9.17, 15) is 85.7 Å². The molecule has 0 spiro atoms. The molecule has 7 aromatic carbocycles. The van der Waals surface area contributed by atoms with Crippen LogP contribution in [0.4, 0.5) is 27.1 Å². The number of ketones is 1. The Morgan fingerprint density at radius 1 is 0.453 bits per heavy atom. The summed E-state index contributed by atoms with van der Waals surface area (Å²) in [5, 5.41) is 65.4. The van der Waals surface area contributed by atoms with Crippen molar-refractivity contribution in [3.63, 3.8) is 0 Å². The number of nitro benzene ring substituents is 4. The molecule has 0 saturated carbocycles. The summed E-state index contributed by atoms with van der Waals surface area (Å²) in [5.74, 6) is -5.71. The number of hydrogen-bond donors (Lipinski definition) is 3. The summed E-state index contributed by atoms with van der Waals surface area (Å²) in [6.07, 6.45) is 20.1. The van der Waals surface area contributed by atoms with E-state index in [2.05, 4.69) is 30.6 Å². The summed E-state index contributed by atoms with van der Waals surface area (Å²) < 4.78 is 114. The maximum absolute atomic E-state index is 13.6. The van der Waals surface area contributed by atoms with Gasteiger partial charge in [0, 0.05) is 106 Å². The lowest BCUT2D eigenvalue weighted by atomic mass is 9.67. The monoisotopic (exact) mass is 2060 g/mol. The molecule has 0 radical (unpaired) electrons. The maximum atomic E-state index is 13.6. The fraction of sp³-hybridized carbons (Fsp3) is 0.433. The number of halogens is 4. The van der Waals surface area contributed by atoms with Crippen LogP contribution in [-0.4, -0.2) is 148 Å². The van der Waals surface area contributed by atoms with Crippen LogP contribution < -0.4 is 29.6 Å². The Hall–Kier alpha value is -10.8. The minimum Gasteiger partial charge on any atom is -0.486 e. The van der Waals surface area contributed by atoms with Crippen molar-refractivity contribution < 1.29 is 93.3 Å². The predicted octanol–water partition coefficient (Wildman–Crippen LogP) is 20.4. The molecule has 34 nitrogen and oxygen atoms in total. The van der Waals surface area contributed by atoms with Gasteiger partial charge < -0.3 is 28.4 Å². The summed E-state index contributed by atoms with van der Waals surface area (Å²) >= 11 is 18.6. The van der Waals surface area contributed by atoms with Crippen LogP contribution in [0.5, 0.6) is 17.2 Å². The van der Waals surface area contributed by atoms with Crippen molar-refractivity contribution in [1.82, 2.24) is 0 Å². The SMILES string of the molecule is C/C=C\C[C@H](C)CS(N)(=O)=NC(=O)c1ccc(OC[C@@]2(OC)CCCc3cc(Cl)ccc32)c([N+](=O)[O-])c1.C/C=C\C[C@H](C)C[S@@](=O)(CC(C)=O)=NC(=O)c1ccc(OC[C@@]2(C(C)OC)CCCc3cc(Cl)ccc32)c([N+](=O)[O-])c1.C=CC[C@H](C)CS(N)(=O)=NC(=O)c1ccc(F)c([N+](=O)[O-])c1.C=CC[C@H](C)CS(N)(=O)=NC(=O)c1ccc(OC[C@@]2(C(C)OC)CCCc3cc(Cl)ccc32)c([N+](=O)[O-])c1. The highest BCUT2D eigenvalue weighted by molar-refractivity contribution is 7.94. The second-order valence-corrected chi connectivity index (χ2v) is 44.2. The van der Waals surface area contributed by atoms with E-state index in [1.807, 2.05) is 121 Å². The third kappa shape index (κ3) is 32.6. The van der Waals surface area contributed by atoms with Gasteiger partial charge in [-0.25, -0.2) is 32.3 Å². The number of amides is 4. The third-order valence-corrected chi connectivity index (χ3v) is 31.5. The van der Waals surface area contributed by atoms with Crippen molar-refractivity contribution in [2.75, 3.05) is 69.9 Å². The lowest BCUT2D eigenvalue weighted by molar-refractivity contribution is -0.387. The van der Waals surface area contributed by atoms with Gasteiger partial charge in [-0.3, -0.25) is 64.4 Å². The molecule has 42 heteroatoms. The molecule has 10 rings (SSSR count). The number of nitro groups is 4. The number of nitrogens with two attached hydrogens (primary N) is 3. The van der Waals surface area contributed by atoms with E-state index < -0.39 is 128 Å². The van der Waals surface area contributed by atoms with Crippen molar-refractivity contribution in [1.29, 1.82) is 0 Å². The van der Waals surface area contributed by atoms with E-state index in [-0.39, 0.29) is 130 Å². The number of aryl methyl sites for hydroxylation is 3. The van der Waals surface area contributed by atoms with Crippen molar-refractivity contribution in [3.8, 4) is 17.2 Å². The normalized spacial score (nSPS) is 18.8. The smallest absolute Gasteiger partial charge is 0.311 e. The number of nitrogens with zero attached hydrogens (tertiary/aromatic N) is 8. The highest BCUT2D eigenvalue weighted by atomic mass is 35.5. The number of rotatable bonds is 40. The van der Waals surface area contributed by atoms with E-state index in [0.29, 0.717) is 47.2 Å². The lowest BCUT2D eigenvalue weighted by Gasteiger charge is -2.42. The zero-order valence-corrected chi connectivity index (χ0v) is 85.2. The number of methoxy groups -OCH3 is 3. The van der Waals surface area contributed by atoms with Crippen molar-refractivity contribution in [2.24, 2.45) is 56.5 Å². The highest BCUT2D eigenvalue weighted by Crippen LogP contribution is 2.47. The number of fused-ring (bicyclic) bond motifs is 3. The first-order chi connectivity index (χ1) is 65.4. The summed E-state index contributed by atoms with van der Waals surface area (Å²) in [6, 6.07) is 30.9. The van der Waals surface area contributed by atoms with Gasteiger partial charge in [0.2, 0.25) is 5.82 Å². The molecule has 6 N–H and O–H groups in total. The van der Waals surface area contributed by atoms with E-state index in [1.54, 1.807) is 46.5 Å². The number of hydrogen-bond acceptors (Lipinski definition) is 23. The van der Waals surface area contributed by atoms with Gasteiger partial charge in [0.1, 0.15) is 61.0 Å². The average molecular weight is 2060 g/mol. The molecule has 0 fully saturated rings. The standard InChI is InChI=1S/C31H39ClN2O7S.C27H34ClN3O6S.C26H32ClN3O6S.C13H16FN3O4S/c1-6-7-9-21(2)18-42(39,19-22(3)35)33-30(36)25-11-14-29(28(17-25)34(37)38)41-20-31(23(4)40-5)15-8-10-24-16-26(32)12-13-27(24)31;1-5-7-18(2)16-38(29,35)30-26(32)21-9-12-25(24(15-21)31(33)34)37-17-27(19(3)36-4)13-6-8-20-14-22(28)10-11-23(20)27;1-4-5-7-18(2)16-37(28,34)29-25(31)20-9-12-24(23(15-20)30(32)33)36-17-26(35-3)13-6-8-19-14-21(27)10-11-22(19)26;1-3-4-9(2)8-22(15,21)16-13(18)10-5-6-11(14)12(7-10)17(19)20/h6-7,11-14,16-17,21,23H,8-10,15,18-20H2,1-5H3;5,9-12,14-15,18-19H,1,6-8,13,16-17H2,2-4H3,(H2,29,30,32,35);4-5,9-12,14-15,18H,6-8,13,16-17H2,1-3H3,(H2,28,29,31,34);3,5-7,9H,1,4,8H2,2H3,(H2,15,16,18,21)/b7-6-;;5-4-;/t21-,23?,31+,42+;18-,19?,27+,38?;18-,26-,37?;9-,22?/m0000/s1. The van der Waals surface area contributed by atoms with Gasteiger partial charge in [-0.1, -0.05) is 117 Å². The van der Waals surface area contributed by atoms with Crippen LogP contribution in [0.2, 0.25) is 15.1 Å². The number of carbonyl (C=O) groups is 5. The number of allylic oxidation sites excluding steroid dienone is 6. The molecule has 0 bridgehead atoms. The Kier molecular flexibility index (Phi) is 43.2. The zero-order chi connectivity index (χ0) is 103. The number of ether oxygens (including phenoxy) is 6. The number of carbonyl (C=O) groups excluding carboxylic acids is 5. The van der Waals surface area contributed by atoms with Crippen LogP contribution in [0.25, 0.3) is 0 Å². The molecule has 4 amide bonds. The molecular formula is C97H121Cl3FN11O23S4. The topological polar surface area (TPSA) is 509 Å². The molecule has 3 aliphatic rings. The largest absolute Gasteiger partial charge is 0.486 e. The summed E-state index contributed by atoms with van der Waals surface area (Å²) in [5.41, 5.74) is 1.66.